The molecular formula is C34H46N4O4. The van der Waals surface area contributed by atoms with Gasteiger partial charge in [0.1, 0.15) is 18.1 Å². The molecule has 42 heavy (non-hydrogen) atoms. The van der Waals surface area contributed by atoms with E-state index in [1.807, 2.05) is 65.4 Å². The predicted octanol–water partition coefficient (Wildman–Crippen LogP) is 5.41. The minimum absolute atomic E-state index is 0.0354. The summed E-state index contributed by atoms with van der Waals surface area (Å²) in [7, 11) is 3.50. The summed E-state index contributed by atoms with van der Waals surface area (Å²) in [6.45, 7) is 6.87. The van der Waals surface area contributed by atoms with E-state index in [2.05, 4.69) is 31.1 Å². The number of para-hydroxylation sites is 1. The number of carbonyl (C=O) groups is 2. The molecule has 1 aromatic heterocycles. The van der Waals surface area contributed by atoms with Gasteiger partial charge in [-0.05, 0) is 55.4 Å². The Morgan fingerprint density at radius 2 is 1.74 bits per heavy atom. The molecule has 0 spiro atoms. The molecule has 226 valence electrons. The van der Waals surface area contributed by atoms with Gasteiger partial charge in [0.05, 0.1) is 23.9 Å². The van der Waals surface area contributed by atoms with Gasteiger partial charge in [0, 0.05) is 33.8 Å². The van der Waals surface area contributed by atoms with Crippen molar-refractivity contribution in [2.24, 2.45) is 13.0 Å². The summed E-state index contributed by atoms with van der Waals surface area (Å²) in [5, 5.41) is 4.65. The summed E-state index contributed by atoms with van der Waals surface area (Å²) in [5.41, 5.74) is 3.19. The third-order valence-electron chi connectivity index (χ3n) is 7.76. The lowest BCUT2D eigenvalue weighted by molar-refractivity contribution is 0.0582. The van der Waals surface area contributed by atoms with Crippen LogP contribution < -0.4 is 4.74 Å². The Kier molecular flexibility index (Phi) is 11.6. The summed E-state index contributed by atoms with van der Waals surface area (Å²) in [6, 6.07) is 19.3. The van der Waals surface area contributed by atoms with Crippen LogP contribution in [0.2, 0.25) is 0 Å². The van der Waals surface area contributed by atoms with Crippen molar-refractivity contribution >= 4 is 11.8 Å². The van der Waals surface area contributed by atoms with Crippen molar-refractivity contribution in [2.75, 3.05) is 40.0 Å². The Balaban J connectivity index is 1.68. The van der Waals surface area contributed by atoms with Crippen molar-refractivity contribution in [3.05, 3.63) is 83.2 Å². The van der Waals surface area contributed by atoms with Gasteiger partial charge in [0.15, 0.2) is 0 Å². The van der Waals surface area contributed by atoms with Crippen LogP contribution >= 0.6 is 0 Å². The molecule has 2 heterocycles. The molecule has 2 amide bonds. The Hall–Kier alpha value is -3.65. The largest absolute Gasteiger partial charge is 0.491 e. The molecule has 0 unspecified atom stereocenters. The third-order valence-corrected chi connectivity index (χ3v) is 7.76. The van der Waals surface area contributed by atoms with Gasteiger partial charge < -0.3 is 19.3 Å². The number of fused-ring (bicyclic) bond motifs is 1. The van der Waals surface area contributed by atoms with Crippen LogP contribution in [0, 0.1) is 5.92 Å². The van der Waals surface area contributed by atoms with Crippen molar-refractivity contribution in [2.45, 2.75) is 58.4 Å². The summed E-state index contributed by atoms with van der Waals surface area (Å²) in [4.78, 5) is 31.8. The monoisotopic (exact) mass is 574 g/mol. The second kappa shape index (κ2) is 15.5. The molecule has 2 aromatic carbocycles. The zero-order valence-electron chi connectivity index (χ0n) is 25.6. The van der Waals surface area contributed by atoms with Crippen LogP contribution in [0.5, 0.6) is 5.75 Å². The van der Waals surface area contributed by atoms with Crippen LogP contribution in [0.3, 0.4) is 0 Å². The number of nitrogens with zero attached hydrogens (tertiary/aromatic N) is 4. The van der Waals surface area contributed by atoms with Crippen LogP contribution in [0.15, 0.2) is 60.7 Å². The molecule has 0 fully saturated rings. The zero-order chi connectivity index (χ0) is 29.9. The molecule has 0 radical (unpaired) electrons. The number of hydrogen-bond donors (Lipinski definition) is 0. The fraction of sp³-hybridized carbons (Fsp3) is 0.500. The summed E-state index contributed by atoms with van der Waals surface area (Å²) >= 11 is 0. The van der Waals surface area contributed by atoms with E-state index in [1.165, 1.54) is 0 Å². The lowest BCUT2D eigenvalue weighted by atomic mass is 10.0. The van der Waals surface area contributed by atoms with Crippen LogP contribution in [-0.2, 0) is 24.6 Å². The van der Waals surface area contributed by atoms with Gasteiger partial charge in [-0.3, -0.25) is 14.3 Å². The molecule has 8 heteroatoms. The van der Waals surface area contributed by atoms with Crippen LogP contribution in [-0.4, -0.2) is 77.4 Å². The summed E-state index contributed by atoms with van der Waals surface area (Å²) in [6.07, 6.45) is 5.17. The Morgan fingerprint density at radius 3 is 2.48 bits per heavy atom. The van der Waals surface area contributed by atoms with Gasteiger partial charge in [-0.15, -0.1) is 0 Å². The van der Waals surface area contributed by atoms with E-state index in [0.29, 0.717) is 55.6 Å². The maximum absolute atomic E-state index is 14.2. The first kappa shape index (κ1) is 31.3. The second-order valence-corrected chi connectivity index (χ2v) is 11.6. The number of ether oxygens (including phenoxy) is 2. The fourth-order valence-corrected chi connectivity index (χ4v) is 5.57. The average molecular weight is 575 g/mol. The third kappa shape index (κ3) is 8.44. The smallest absolute Gasteiger partial charge is 0.272 e. The van der Waals surface area contributed by atoms with E-state index in [-0.39, 0.29) is 24.5 Å². The number of carbonyl (C=O) groups excluding carboxylic acids is 2. The molecule has 8 nitrogen and oxygen atoms in total. The first-order valence-corrected chi connectivity index (χ1v) is 15.2. The Morgan fingerprint density at radius 1 is 1.02 bits per heavy atom. The maximum atomic E-state index is 14.2. The minimum atomic E-state index is -0.237. The number of benzene rings is 2. The number of methoxy groups -OCH3 is 1. The summed E-state index contributed by atoms with van der Waals surface area (Å²) in [5.74, 6) is 0.892. The molecule has 1 aliphatic heterocycles. The van der Waals surface area contributed by atoms with Gasteiger partial charge in [-0.25, -0.2) is 0 Å². The van der Waals surface area contributed by atoms with Gasteiger partial charge in [-0.1, -0.05) is 69.2 Å². The van der Waals surface area contributed by atoms with Crippen LogP contribution in [0.4, 0.5) is 0 Å². The molecule has 4 rings (SSSR count). The second-order valence-electron chi connectivity index (χ2n) is 11.6. The van der Waals surface area contributed by atoms with E-state index in [1.54, 1.807) is 11.8 Å². The Labute approximate surface area is 250 Å². The molecule has 0 N–H and O–H groups in total. The van der Waals surface area contributed by atoms with Crippen molar-refractivity contribution in [3.63, 3.8) is 0 Å². The van der Waals surface area contributed by atoms with E-state index in [9.17, 15) is 9.59 Å². The molecule has 0 aliphatic carbocycles. The molecule has 0 bridgehead atoms. The van der Waals surface area contributed by atoms with Crippen LogP contribution in [0.1, 0.15) is 71.6 Å². The zero-order valence-corrected chi connectivity index (χ0v) is 25.6. The number of hydrogen-bond acceptors (Lipinski definition) is 5. The predicted molar refractivity (Wildman–Crippen MR) is 165 cm³/mol. The minimum Gasteiger partial charge on any atom is -0.491 e. The molecule has 0 saturated carbocycles. The van der Waals surface area contributed by atoms with E-state index in [0.717, 1.165) is 43.4 Å². The van der Waals surface area contributed by atoms with E-state index in [4.69, 9.17) is 9.47 Å². The fourth-order valence-electron chi connectivity index (χ4n) is 5.57. The highest BCUT2D eigenvalue weighted by Crippen LogP contribution is 2.24. The molecule has 0 saturated heterocycles. The SMILES string of the molecule is COCCN1CCCCCCN(C(=O)c2cc(CC(C)C)nn2C)[C@@H](Cc2ccccc2)COc2ccccc2C1=O. The van der Waals surface area contributed by atoms with Crippen molar-refractivity contribution in [3.8, 4) is 5.75 Å². The lowest BCUT2D eigenvalue weighted by Crippen LogP contribution is -2.46. The Bertz CT molecular complexity index is 1290. The molecular weight excluding hydrogens is 528 g/mol. The van der Waals surface area contributed by atoms with Crippen molar-refractivity contribution < 1.29 is 19.1 Å². The maximum Gasteiger partial charge on any atom is 0.272 e. The van der Waals surface area contributed by atoms with Crippen molar-refractivity contribution in [1.29, 1.82) is 0 Å². The first-order chi connectivity index (χ1) is 20.4. The number of aromatic nitrogens is 2. The van der Waals surface area contributed by atoms with E-state index >= 15 is 0 Å². The first-order valence-electron chi connectivity index (χ1n) is 15.2. The standard InChI is InChI=1S/C34H46N4O4/c1-26(2)22-28-24-31(36(3)35-28)34(40)38-19-13-6-5-12-18-37(20-21-41-4)33(39)30-16-10-11-17-32(30)42-25-29(38)23-27-14-8-7-9-15-27/h7-11,14-17,24,26,29H,5-6,12-13,18-23,25H2,1-4H3/t29-/m0/s1. The molecule has 1 aliphatic rings. The van der Waals surface area contributed by atoms with Gasteiger partial charge in [0.2, 0.25) is 0 Å². The number of amides is 2. The highest BCUT2D eigenvalue weighted by atomic mass is 16.5. The van der Waals surface area contributed by atoms with Gasteiger partial charge in [0.25, 0.3) is 11.8 Å². The lowest BCUT2D eigenvalue weighted by Gasteiger charge is -2.33. The number of rotatable bonds is 8. The molecule has 3 aromatic rings. The van der Waals surface area contributed by atoms with E-state index < -0.39 is 0 Å². The van der Waals surface area contributed by atoms with Gasteiger partial charge >= 0.3 is 0 Å². The summed E-state index contributed by atoms with van der Waals surface area (Å²) < 4.78 is 13.5. The van der Waals surface area contributed by atoms with Crippen LogP contribution in [0.25, 0.3) is 0 Å². The average Bonchev–Trinajstić information content (AvgIpc) is 3.35. The quantitative estimate of drug-likeness (QED) is 0.359. The topological polar surface area (TPSA) is 76.9 Å². The number of aryl methyl sites for hydroxylation is 1. The normalized spacial score (nSPS) is 17.1. The van der Waals surface area contributed by atoms with Gasteiger partial charge in [-0.2, -0.15) is 5.10 Å². The molecule has 1 atom stereocenters. The van der Waals surface area contributed by atoms with Crippen molar-refractivity contribution in [1.82, 2.24) is 19.6 Å². The highest BCUT2D eigenvalue weighted by Gasteiger charge is 2.29. The highest BCUT2D eigenvalue weighted by molar-refractivity contribution is 5.97.